The highest BCUT2D eigenvalue weighted by atomic mass is 32.1. The molecule has 2 aromatic carbocycles. The van der Waals surface area contributed by atoms with Gasteiger partial charge >= 0.3 is 5.97 Å². The normalized spacial score (nSPS) is 15.5. The summed E-state index contributed by atoms with van der Waals surface area (Å²) in [5, 5.41) is 0. The van der Waals surface area contributed by atoms with Crippen LogP contribution in [-0.4, -0.2) is 30.4 Å². The molecule has 0 spiro atoms. The van der Waals surface area contributed by atoms with Crippen molar-refractivity contribution in [1.29, 1.82) is 0 Å². The maximum absolute atomic E-state index is 13.7. The molecule has 1 aliphatic rings. The van der Waals surface area contributed by atoms with Gasteiger partial charge in [0.2, 0.25) is 0 Å². The summed E-state index contributed by atoms with van der Waals surface area (Å²) >= 11 is 1.30. The Kier molecular flexibility index (Phi) is 7.74. The molecule has 1 aromatic heterocycles. The van der Waals surface area contributed by atoms with E-state index in [1.165, 1.54) is 18.4 Å². The molecule has 36 heavy (non-hydrogen) atoms. The number of aromatic nitrogens is 1. The van der Waals surface area contributed by atoms with Crippen LogP contribution in [0, 0.1) is 0 Å². The van der Waals surface area contributed by atoms with E-state index in [4.69, 9.17) is 19.2 Å². The van der Waals surface area contributed by atoms with Crippen LogP contribution in [0.25, 0.3) is 6.08 Å². The molecule has 0 radical (unpaired) electrons. The number of thiazole rings is 1. The van der Waals surface area contributed by atoms with E-state index in [1.54, 1.807) is 4.57 Å². The van der Waals surface area contributed by atoms with Gasteiger partial charge in [-0.05, 0) is 56.5 Å². The third kappa shape index (κ3) is 4.99. The Morgan fingerprint density at radius 1 is 1.14 bits per heavy atom. The first-order chi connectivity index (χ1) is 17.4. The average molecular weight is 507 g/mol. The Hall–Kier alpha value is -3.65. The summed E-state index contributed by atoms with van der Waals surface area (Å²) in [6, 6.07) is 14.5. The number of hydrogen-bond donors (Lipinski definition) is 0. The lowest BCUT2D eigenvalue weighted by atomic mass is 9.95. The molecule has 0 saturated heterocycles. The lowest BCUT2D eigenvalue weighted by Gasteiger charge is -2.25. The highest BCUT2D eigenvalue weighted by Gasteiger charge is 2.33. The Balaban J connectivity index is 1.90. The zero-order chi connectivity index (χ0) is 25.8. The average Bonchev–Trinajstić information content (AvgIpc) is 3.18. The zero-order valence-electron chi connectivity index (χ0n) is 21.1. The predicted molar refractivity (Wildman–Crippen MR) is 140 cm³/mol. The fraction of sp³-hybridized carbons (Fsp3) is 0.321. The minimum Gasteiger partial charge on any atom is -0.490 e. The molecule has 3 aromatic rings. The SMILES string of the molecule is CCOc1cc(/C=c2/sc3n(c2=O)[C@H](c2ccccc2)C(C(=O)OC)=C(CC)N=3)ccc1OC(C)C. The van der Waals surface area contributed by atoms with Crippen LogP contribution >= 0.6 is 11.3 Å². The van der Waals surface area contributed by atoms with Gasteiger partial charge in [-0.1, -0.05) is 54.7 Å². The number of nitrogens with zero attached hydrogens (tertiary/aromatic N) is 2. The molecule has 0 aliphatic carbocycles. The number of carbonyl (C=O) groups excluding carboxylic acids is 1. The monoisotopic (exact) mass is 506 g/mol. The largest absolute Gasteiger partial charge is 0.490 e. The van der Waals surface area contributed by atoms with Crippen LogP contribution in [0.3, 0.4) is 0 Å². The Labute approximate surface area is 214 Å². The van der Waals surface area contributed by atoms with Crippen molar-refractivity contribution in [2.45, 2.75) is 46.3 Å². The van der Waals surface area contributed by atoms with Crippen molar-refractivity contribution >= 4 is 23.4 Å². The summed E-state index contributed by atoms with van der Waals surface area (Å²) in [5.41, 5.74) is 2.42. The molecule has 0 saturated carbocycles. The van der Waals surface area contributed by atoms with Crippen molar-refractivity contribution < 1.29 is 19.0 Å². The molecule has 8 heteroatoms. The van der Waals surface area contributed by atoms with E-state index in [1.807, 2.05) is 82.3 Å². The van der Waals surface area contributed by atoms with E-state index < -0.39 is 12.0 Å². The molecule has 0 bridgehead atoms. The van der Waals surface area contributed by atoms with Crippen LogP contribution in [-0.2, 0) is 9.53 Å². The number of methoxy groups -OCH3 is 1. The zero-order valence-corrected chi connectivity index (χ0v) is 21.9. The lowest BCUT2D eigenvalue weighted by molar-refractivity contribution is -0.136. The molecule has 0 N–H and O–H groups in total. The Morgan fingerprint density at radius 2 is 1.89 bits per heavy atom. The van der Waals surface area contributed by atoms with Crippen molar-refractivity contribution in [3.63, 3.8) is 0 Å². The van der Waals surface area contributed by atoms with Gasteiger partial charge in [0.25, 0.3) is 5.56 Å². The van der Waals surface area contributed by atoms with E-state index in [-0.39, 0.29) is 11.7 Å². The summed E-state index contributed by atoms with van der Waals surface area (Å²) in [6.45, 7) is 8.26. The maximum atomic E-state index is 13.7. The van der Waals surface area contributed by atoms with Gasteiger partial charge in [-0.15, -0.1) is 0 Å². The molecule has 7 nitrogen and oxygen atoms in total. The fourth-order valence-corrected chi connectivity index (χ4v) is 5.22. The predicted octanol–water partition coefficient (Wildman–Crippen LogP) is 3.98. The van der Waals surface area contributed by atoms with E-state index in [0.29, 0.717) is 45.1 Å². The number of hydrogen-bond acceptors (Lipinski definition) is 7. The van der Waals surface area contributed by atoms with Gasteiger partial charge in [0.1, 0.15) is 0 Å². The number of esters is 1. The summed E-state index contributed by atoms with van der Waals surface area (Å²) in [5.74, 6) is 0.793. The molecule has 0 unspecified atom stereocenters. The smallest absolute Gasteiger partial charge is 0.338 e. The van der Waals surface area contributed by atoms with E-state index in [9.17, 15) is 9.59 Å². The molecule has 1 aliphatic heterocycles. The fourth-order valence-electron chi connectivity index (χ4n) is 4.20. The van der Waals surface area contributed by atoms with Crippen molar-refractivity contribution in [2.75, 3.05) is 13.7 Å². The summed E-state index contributed by atoms with van der Waals surface area (Å²) in [7, 11) is 1.35. The first kappa shape index (κ1) is 25.4. The van der Waals surface area contributed by atoms with Gasteiger partial charge < -0.3 is 14.2 Å². The lowest BCUT2D eigenvalue weighted by Crippen LogP contribution is -2.40. The highest BCUT2D eigenvalue weighted by Crippen LogP contribution is 2.32. The second-order valence-corrected chi connectivity index (χ2v) is 9.51. The molecule has 0 amide bonds. The Morgan fingerprint density at radius 3 is 2.53 bits per heavy atom. The molecule has 1 atom stereocenters. The molecule has 2 heterocycles. The maximum Gasteiger partial charge on any atom is 0.338 e. The molecular weight excluding hydrogens is 476 g/mol. The van der Waals surface area contributed by atoms with E-state index in [0.717, 1.165) is 11.1 Å². The minimum atomic E-state index is -0.618. The summed E-state index contributed by atoms with van der Waals surface area (Å²) in [4.78, 5) is 31.8. The van der Waals surface area contributed by atoms with Gasteiger partial charge in [-0.3, -0.25) is 9.36 Å². The third-order valence-electron chi connectivity index (χ3n) is 5.69. The van der Waals surface area contributed by atoms with Crippen LogP contribution in [0.1, 0.15) is 51.3 Å². The standard InChI is InChI=1S/C28H30N2O5S/c1-6-20-24(27(32)33-5)25(19-11-9-8-10-12-19)30-26(31)23(36-28(30)29-20)16-18-13-14-21(35-17(3)4)22(15-18)34-7-2/h8-17,25H,6-7H2,1-5H3/b23-16+/t25-/m1/s1. The minimum absolute atomic E-state index is 0.00787. The number of carbonyl (C=O) groups is 1. The van der Waals surface area contributed by atoms with E-state index >= 15 is 0 Å². The molecule has 4 rings (SSSR count). The summed E-state index contributed by atoms with van der Waals surface area (Å²) in [6.07, 6.45) is 2.36. The number of ether oxygens (including phenoxy) is 3. The second-order valence-electron chi connectivity index (χ2n) is 8.50. The number of fused-ring (bicyclic) bond motifs is 1. The molecule has 188 valence electrons. The van der Waals surface area contributed by atoms with Crippen molar-refractivity contribution in [2.24, 2.45) is 4.99 Å². The topological polar surface area (TPSA) is 79.1 Å². The van der Waals surface area contributed by atoms with E-state index in [2.05, 4.69) is 0 Å². The first-order valence-corrected chi connectivity index (χ1v) is 12.8. The van der Waals surface area contributed by atoms with Crippen LogP contribution in [0.5, 0.6) is 11.5 Å². The quantitative estimate of drug-likeness (QED) is 0.432. The van der Waals surface area contributed by atoms with Crippen LogP contribution in [0.4, 0.5) is 0 Å². The van der Waals surface area contributed by atoms with Gasteiger partial charge in [-0.25, -0.2) is 9.79 Å². The second kappa shape index (κ2) is 11.0. The number of benzene rings is 2. The van der Waals surface area contributed by atoms with Gasteiger partial charge in [0.05, 0.1) is 41.7 Å². The van der Waals surface area contributed by atoms with Crippen LogP contribution < -0.4 is 24.4 Å². The Bertz CT molecular complexity index is 1470. The number of allylic oxidation sites excluding steroid dienone is 1. The van der Waals surface area contributed by atoms with Crippen LogP contribution in [0.15, 0.2) is 69.6 Å². The first-order valence-electron chi connectivity index (χ1n) is 12.0. The van der Waals surface area contributed by atoms with Crippen LogP contribution in [0.2, 0.25) is 0 Å². The van der Waals surface area contributed by atoms with Gasteiger partial charge in [-0.2, -0.15) is 0 Å². The molecule has 0 fully saturated rings. The van der Waals surface area contributed by atoms with Crippen molar-refractivity contribution in [3.05, 3.63) is 90.6 Å². The highest BCUT2D eigenvalue weighted by molar-refractivity contribution is 7.07. The van der Waals surface area contributed by atoms with Gasteiger partial charge in [0, 0.05) is 0 Å². The number of rotatable bonds is 8. The third-order valence-corrected chi connectivity index (χ3v) is 6.68. The van der Waals surface area contributed by atoms with Crippen molar-refractivity contribution in [3.8, 4) is 11.5 Å². The van der Waals surface area contributed by atoms with Gasteiger partial charge in [0.15, 0.2) is 16.3 Å². The van der Waals surface area contributed by atoms with Crippen molar-refractivity contribution in [1.82, 2.24) is 4.57 Å². The molecular formula is C28H30N2O5S. The summed E-state index contributed by atoms with van der Waals surface area (Å²) < 4.78 is 18.8.